The van der Waals surface area contributed by atoms with Gasteiger partial charge >= 0.3 is 0 Å². The normalized spacial score (nSPS) is 21.5. The highest BCUT2D eigenvalue weighted by molar-refractivity contribution is 6.12. The van der Waals surface area contributed by atoms with Gasteiger partial charge in [0.15, 0.2) is 0 Å². The standard InChI is InChI=1S/C16H13N5O2/c1-2-10-12-14(21-20-10)23-13(18)9(7-17)16(12)8-5-3-4-6-11(8)19-15(16)22/h3-6H,2,18H2,1H3,(H,19,22)(H,20,21)/t16-/m1/s1. The van der Waals surface area contributed by atoms with Crippen molar-refractivity contribution in [3.8, 4) is 11.9 Å². The van der Waals surface area contributed by atoms with Gasteiger partial charge in [-0.1, -0.05) is 25.1 Å². The summed E-state index contributed by atoms with van der Waals surface area (Å²) in [6.45, 7) is 1.94. The Hall–Kier alpha value is -3.27. The van der Waals surface area contributed by atoms with E-state index >= 15 is 0 Å². The van der Waals surface area contributed by atoms with Crippen molar-refractivity contribution >= 4 is 11.6 Å². The molecule has 4 rings (SSSR count). The van der Waals surface area contributed by atoms with Crippen LogP contribution in [0.4, 0.5) is 5.69 Å². The van der Waals surface area contributed by atoms with E-state index in [-0.39, 0.29) is 23.2 Å². The fourth-order valence-corrected chi connectivity index (χ4v) is 3.43. The van der Waals surface area contributed by atoms with Crippen LogP contribution in [0.3, 0.4) is 0 Å². The number of benzene rings is 1. The number of amides is 1. The lowest BCUT2D eigenvalue weighted by Crippen LogP contribution is -2.42. The van der Waals surface area contributed by atoms with Crippen molar-refractivity contribution in [3.05, 3.63) is 52.5 Å². The van der Waals surface area contributed by atoms with E-state index in [4.69, 9.17) is 10.5 Å². The first-order valence-electron chi connectivity index (χ1n) is 7.21. The van der Waals surface area contributed by atoms with E-state index in [2.05, 4.69) is 21.6 Å². The van der Waals surface area contributed by atoms with Gasteiger partial charge in [-0.2, -0.15) is 5.26 Å². The summed E-state index contributed by atoms with van der Waals surface area (Å²) in [5, 5.41) is 19.5. The quantitative estimate of drug-likeness (QED) is 0.734. The summed E-state index contributed by atoms with van der Waals surface area (Å²) in [7, 11) is 0. The van der Waals surface area contributed by atoms with Crippen LogP contribution in [0.15, 0.2) is 35.7 Å². The van der Waals surface area contributed by atoms with Crippen LogP contribution < -0.4 is 15.8 Å². The van der Waals surface area contributed by atoms with Gasteiger partial charge in [-0.3, -0.25) is 9.89 Å². The highest BCUT2D eigenvalue weighted by Crippen LogP contribution is 2.53. The van der Waals surface area contributed by atoms with Crippen LogP contribution in [0.1, 0.15) is 23.7 Å². The molecule has 1 atom stereocenters. The summed E-state index contributed by atoms with van der Waals surface area (Å²) in [4.78, 5) is 13.0. The van der Waals surface area contributed by atoms with E-state index < -0.39 is 5.41 Å². The Labute approximate surface area is 131 Å². The molecule has 0 saturated heterocycles. The van der Waals surface area contributed by atoms with Crippen LogP contribution in [0.5, 0.6) is 5.88 Å². The number of aryl methyl sites for hydroxylation is 1. The van der Waals surface area contributed by atoms with Crippen molar-refractivity contribution in [2.24, 2.45) is 5.73 Å². The molecule has 0 radical (unpaired) electrons. The molecule has 0 saturated carbocycles. The van der Waals surface area contributed by atoms with Gasteiger partial charge in [0.1, 0.15) is 17.1 Å². The molecule has 0 aliphatic carbocycles. The molecule has 0 bridgehead atoms. The molecule has 0 fully saturated rings. The molecule has 7 heteroatoms. The zero-order chi connectivity index (χ0) is 16.2. The SMILES string of the molecule is CCc1[nH]nc2c1[C@]1(C(=O)Nc3ccccc31)C(C#N)=C(N)O2. The average Bonchev–Trinajstić information content (AvgIpc) is 3.08. The van der Waals surface area contributed by atoms with Crippen molar-refractivity contribution in [2.45, 2.75) is 18.8 Å². The molecule has 7 nitrogen and oxygen atoms in total. The number of fused-ring (bicyclic) bond motifs is 4. The average molecular weight is 307 g/mol. The molecule has 0 unspecified atom stereocenters. The maximum Gasteiger partial charge on any atom is 0.245 e. The molecule has 1 aromatic heterocycles. The number of ether oxygens (including phenoxy) is 1. The minimum Gasteiger partial charge on any atom is -0.420 e. The predicted octanol–water partition coefficient (Wildman–Crippen LogP) is 1.30. The highest BCUT2D eigenvalue weighted by Gasteiger charge is 2.58. The Balaban J connectivity index is 2.17. The number of carbonyl (C=O) groups excluding carboxylic acids is 1. The molecule has 3 heterocycles. The molecular formula is C16H13N5O2. The van der Waals surface area contributed by atoms with E-state index in [0.717, 1.165) is 5.69 Å². The topological polar surface area (TPSA) is 117 Å². The van der Waals surface area contributed by atoms with Crippen molar-refractivity contribution in [3.63, 3.8) is 0 Å². The number of nitrogens with two attached hydrogens (primary N) is 1. The van der Waals surface area contributed by atoms with Gasteiger partial charge in [-0.15, -0.1) is 5.10 Å². The van der Waals surface area contributed by atoms with Crippen molar-refractivity contribution < 1.29 is 9.53 Å². The van der Waals surface area contributed by atoms with Crippen LogP contribution in [0.2, 0.25) is 0 Å². The van der Waals surface area contributed by atoms with Crippen LogP contribution in [0, 0.1) is 11.3 Å². The molecule has 2 aliphatic rings. The first-order chi connectivity index (χ1) is 11.1. The van der Waals surface area contributed by atoms with Gasteiger partial charge in [-0.25, -0.2) is 0 Å². The summed E-state index contributed by atoms with van der Waals surface area (Å²) in [6.07, 6.45) is 0.613. The van der Waals surface area contributed by atoms with Crippen LogP contribution in [0.25, 0.3) is 0 Å². The molecule has 1 spiro atoms. The number of hydrogen-bond acceptors (Lipinski definition) is 5. The van der Waals surface area contributed by atoms with Gasteiger partial charge in [-0.05, 0) is 12.5 Å². The zero-order valence-corrected chi connectivity index (χ0v) is 12.3. The van der Waals surface area contributed by atoms with E-state index in [9.17, 15) is 10.1 Å². The minimum absolute atomic E-state index is 0.0866. The highest BCUT2D eigenvalue weighted by atomic mass is 16.5. The number of nitrogens with zero attached hydrogens (tertiary/aromatic N) is 2. The summed E-state index contributed by atoms with van der Waals surface area (Å²) < 4.78 is 5.48. The third-order valence-corrected chi connectivity index (χ3v) is 4.40. The van der Waals surface area contributed by atoms with E-state index in [1.54, 1.807) is 6.07 Å². The number of hydrogen-bond donors (Lipinski definition) is 3. The number of aromatic nitrogens is 2. The fraction of sp³-hybridized carbons (Fsp3) is 0.188. The maximum absolute atomic E-state index is 13.0. The number of rotatable bonds is 1. The van der Waals surface area contributed by atoms with Crippen LogP contribution in [-0.2, 0) is 16.6 Å². The molecule has 1 amide bonds. The second-order valence-corrected chi connectivity index (χ2v) is 5.44. The van der Waals surface area contributed by atoms with Gasteiger partial charge in [0.2, 0.25) is 17.7 Å². The molecule has 23 heavy (non-hydrogen) atoms. The predicted molar refractivity (Wildman–Crippen MR) is 81.3 cm³/mol. The van der Waals surface area contributed by atoms with Gasteiger partial charge < -0.3 is 15.8 Å². The fourth-order valence-electron chi connectivity index (χ4n) is 3.43. The Morgan fingerprint density at radius 3 is 2.96 bits per heavy atom. The summed E-state index contributed by atoms with van der Waals surface area (Å²) in [6, 6.07) is 9.34. The molecule has 114 valence electrons. The Morgan fingerprint density at radius 2 is 2.22 bits per heavy atom. The Bertz CT molecular complexity index is 921. The first kappa shape index (κ1) is 13.4. The lowest BCUT2D eigenvalue weighted by Gasteiger charge is -2.31. The molecule has 2 aliphatic heterocycles. The molecule has 1 aromatic carbocycles. The second kappa shape index (κ2) is 4.36. The number of para-hydroxylation sites is 1. The van der Waals surface area contributed by atoms with E-state index in [1.165, 1.54) is 0 Å². The minimum atomic E-state index is -1.32. The largest absolute Gasteiger partial charge is 0.420 e. The number of H-pyrrole nitrogens is 1. The van der Waals surface area contributed by atoms with Crippen LogP contribution in [-0.4, -0.2) is 16.1 Å². The molecule has 2 aromatic rings. The third kappa shape index (κ3) is 1.42. The summed E-state index contributed by atoms with van der Waals surface area (Å²) in [5.74, 6) is -0.176. The lowest BCUT2D eigenvalue weighted by molar-refractivity contribution is -0.118. The van der Waals surface area contributed by atoms with E-state index in [1.807, 2.05) is 25.1 Å². The Morgan fingerprint density at radius 1 is 1.43 bits per heavy atom. The van der Waals surface area contributed by atoms with Gasteiger partial charge in [0.05, 0.1) is 5.56 Å². The van der Waals surface area contributed by atoms with Crippen LogP contribution >= 0.6 is 0 Å². The van der Waals surface area contributed by atoms with Crippen molar-refractivity contribution in [2.75, 3.05) is 5.32 Å². The third-order valence-electron chi connectivity index (χ3n) is 4.40. The first-order valence-corrected chi connectivity index (χ1v) is 7.21. The van der Waals surface area contributed by atoms with E-state index in [0.29, 0.717) is 23.2 Å². The molecule has 4 N–H and O–H groups in total. The lowest BCUT2D eigenvalue weighted by atomic mass is 9.69. The molecular weight excluding hydrogens is 294 g/mol. The van der Waals surface area contributed by atoms with Gasteiger partial charge in [0, 0.05) is 16.9 Å². The smallest absolute Gasteiger partial charge is 0.245 e. The summed E-state index contributed by atoms with van der Waals surface area (Å²) in [5.41, 5.74) is 7.35. The van der Waals surface area contributed by atoms with Gasteiger partial charge in [0.25, 0.3) is 0 Å². The Kier molecular flexibility index (Phi) is 2.54. The van der Waals surface area contributed by atoms with Crippen molar-refractivity contribution in [1.29, 1.82) is 5.26 Å². The zero-order valence-electron chi connectivity index (χ0n) is 12.3. The number of anilines is 1. The maximum atomic E-state index is 13.0. The monoisotopic (exact) mass is 307 g/mol. The number of carbonyl (C=O) groups is 1. The number of nitriles is 1. The van der Waals surface area contributed by atoms with Crippen molar-refractivity contribution in [1.82, 2.24) is 10.2 Å². The second-order valence-electron chi connectivity index (χ2n) is 5.44. The summed E-state index contributed by atoms with van der Waals surface area (Å²) >= 11 is 0. The number of nitrogens with one attached hydrogen (secondary N) is 2. The number of aromatic amines is 1.